The van der Waals surface area contributed by atoms with E-state index in [0.717, 1.165) is 22.3 Å². The first kappa shape index (κ1) is 36.3. The fourth-order valence-corrected chi connectivity index (χ4v) is 6.19. The average Bonchev–Trinajstić information content (AvgIpc) is 2.78. The van der Waals surface area contributed by atoms with Gasteiger partial charge in [-0.25, -0.2) is 0 Å². The minimum atomic E-state index is -2.94. The number of benzene rings is 2. The van der Waals surface area contributed by atoms with E-state index in [4.69, 9.17) is 9.05 Å². The number of rotatable bonds is 8. The third kappa shape index (κ3) is 8.16. The molecule has 0 unspecified atom stereocenters. The minimum Gasteiger partial charge on any atom is -0.328 e. The van der Waals surface area contributed by atoms with Crippen LogP contribution < -0.4 is 0 Å². The van der Waals surface area contributed by atoms with Gasteiger partial charge in [0.15, 0.2) is 0 Å². The highest BCUT2D eigenvalue weighted by Gasteiger charge is 2.55. The lowest BCUT2D eigenvalue weighted by atomic mass is 9.61. The van der Waals surface area contributed by atoms with Gasteiger partial charge in [0.2, 0.25) is 0 Å². The predicted molar refractivity (Wildman–Crippen MR) is 171 cm³/mol. The van der Waals surface area contributed by atoms with Crippen LogP contribution in [0.15, 0.2) is 36.4 Å². The summed E-state index contributed by atoms with van der Waals surface area (Å²) >= 11 is 0. The molecule has 2 aromatic rings. The highest BCUT2D eigenvalue weighted by atomic mass is 31.2. The Labute approximate surface area is 251 Å². The second-order valence-electron chi connectivity index (χ2n) is 15.4. The summed E-state index contributed by atoms with van der Waals surface area (Å²) in [5, 5.41) is 0. The SMILES string of the molecule is [CH2]C([CH2])(COP(O)O)C(OP(O)O)(c1ccc(C(C)(C)C)cc1C(C)(C)C)c1ccc(C(C)(C)C)cc1C(C)(C)C. The van der Waals surface area contributed by atoms with Crippen molar-refractivity contribution in [3.63, 3.8) is 0 Å². The molecule has 0 saturated heterocycles. The van der Waals surface area contributed by atoms with Crippen LogP contribution in [0, 0.1) is 19.3 Å². The Morgan fingerprint density at radius 1 is 0.561 bits per heavy atom. The van der Waals surface area contributed by atoms with Gasteiger partial charge < -0.3 is 24.1 Å². The van der Waals surface area contributed by atoms with Crippen molar-refractivity contribution in [3.8, 4) is 0 Å². The zero-order chi connectivity index (χ0) is 32.0. The maximum atomic E-state index is 10.6. The summed E-state index contributed by atoms with van der Waals surface area (Å²) in [4.78, 5) is 40.7. The Balaban J connectivity index is 3.28. The molecule has 6 nitrogen and oxygen atoms in total. The summed E-state index contributed by atoms with van der Waals surface area (Å²) in [5.41, 5.74) is 1.14. The van der Waals surface area contributed by atoms with E-state index in [1.807, 2.05) is 24.3 Å². The van der Waals surface area contributed by atoms with Gasteiger partial charge in [-0.05, 0) is 68.9 Å². The molecule has 0 bridgehead atoms. The molecule has 0 fully saturated rings. The molecule has 0 amide bonds. The van der Waals surface area contributed by atoms with Gasteiger partial charge in [0.25, 0.3) is 0 Å². The summed E-state index contributed by atoms with van der Waals surface area (Å²) in [6.07, 6.45) is 0. The Morgan fingerprint density at radius 2 is 0.927 bits per heavy atom. The molecule has 230 valence electrons. The van der Waals surface area contributed by atoms with Crippen molar-refractivity contribution in [3.05, 3.63) is 83.6 Å². The van der Waals surface area contributed by atoms with Gasteiger partial charge in [-0.3, -0.25) is 4.52 Å². The smallest absolute Gasteiger partial charge is 0.328 e. The molecule has 2 rings (SSSR count). The van der Waals surface area contributed by atoms with Crippen LogP contribution in [0.25, 0.3) is 0 Å². The number of hydrogen-bond acceptors (Lipinski definition) is 6. The number of hydrogen-bond donors (Lipinski definition) is 4. The topological polar surface area (TPSA) is 99.4 Å². The molecule has 2 radical (unpaired) electrons. The van der Waals surface area contributed by atoms with E-state index in [2.05, 4.69) is 109 Å². The van der Waals surface area contributed by atoms with Crippen molar-refractivity contribution < 1.29 is 28.6 Å². The van der Waals surface area contributed by atoms with Crippen LogP contribution in [0.2, 0.25) is 0 Å². The first-order valence-corrected chi connectivity index (χ1v) is 16.3. The fraction of sp³-hybridized carbons (Fsp3) is 0.576. The van der Waals surface area contributed by atoms with E-state index in [-0.39, 0.29) is 17.4 Å². The fourth-order valence-electron chi connectivity index (χ4n) is 5.19. The zero-order valence-corrected chi connectivity index (χ0v) is 28.9. The van der Waals surface area contributed by atoms with Crippen molar-refractivity contribution in [2.24, 2.45) is 5.41 Å². The lowest BCUT2D eigenvalue weighted by molar-refractivity contribution is -0.0180. The molecule has 0 aromatic heterocycles. The van der Waals surface area contributed by atoms with Gasteiger partial charge in [0.1, 0.15) is 5.60 Å². The molecule has 4 N–H and O–H groups in total. The summed E-state index contributed by atoms with van der Waals surface area (Å²) in [5.74, 6) is 0. The Hall–Kier alpha value is -0.940. The maximum absolute atomic E-state index is 10.6. The monoisotopic (exact) mass is 606 g/mol. The van der Waals surface area contributed by atoms with Gasteiger partial charge >= 0.3 is 17.2 Å². The van der Waals surface area contributed by atoms with E-state index in [1.165, 1.54) is 0 Å². The third-order valence-electron chi connectivity index (χ3n) is 7.57. The second-order valence-corrected chi connectivity index (χ2v) is 16.8. The van der Waals surface area contributed by atoms with Gasteiger partial charge in [0.05, 0.1) is 6.61 Å². The van der Waals surface area contributed by atoms with E-state index >= 15 is 0 Å². The quantitative estimate of drug-likeness (QED) is 0.226. The van der Waals surface area contributed by atoms with E-state index < -0.39 is 39.1 Å². The molecular formula is C33H52O6P2. The minimum absolute atomic E-state index is 0.147. The molecule has 41 heavy (non-hydrogen) atoms. The Morgan fingerprint density at radius 3 is 1.20 bits per heavy atom. The van der Waals surface area contributed by atoms with Crippen LogP contribution in [0.3, 0.4) is 0 Å². The van der Waals surface area contributed by atoms with Crippen molar-refractivity contribution in [1.29, 1.82) is 0 Å². The van der Waals surface area contributed by atoms with E-state index in [9.17, 15) is 19.6 Å². The van der Waals surface area contributed by atoms with Gasteiger partial charge in [-0.15, -0.1) is 0 Å². The Kier molecular flexibility index (Phi) is 10.8. The predicted octanol–water partition coefficient (Wildman–Crippen LogP) is 8.23. The molecule has 0 aliphatic carbocycles. The van der Waals surface area contributed by atoms with Gasteiger partial charge in [0, 0.05) is 5.41 Å². The summed E-state index contributed by atoms with van der Waals surface area (Å²) in [6.45, 7) is 34.0. The molecule has 0 heterocycles. The molecule has 0 spiro atoms. The zero-order valence-electron chi connectivity index (χ0n) is 27.1. The molecule has 0 atom stereocenters. The lowest BCUT2D eigenvalue weighted by Crippen LogP contribution is -2.50. The summed E-state index contributed by atoms with van der Waals surface area (Å²) < 4.78 is 11.7. The van der Waals surface area contributed by atoms with Crippen LogP contribution in [0.1, 0.15) is 116 Å². The second kappa shape index (κ2) is 12.2. The molecule has 0 aliphatic rings. The highest BCUT2D eigenvalue weighted by Crippen LogP contribution is 2.58. The molecular weight excluding hydrogens is 554 g/mol. The van der Waals surface area contributed by atoms with Crippen LogP contribution in [0.5, 0.6) is 0 Å². The van der Waals surface area contributed by atoms with Gasteiger partial charge in [-0.2, -0.15) is 0 Å². The van der Waals surface area contributed by atoms with Crippen LogP contribution in [0.4, 0.5) is 0 Å². The van der Waals surface area contributed by atoms with E-state index in [0.29, 0.717) is 11.1 Å². The van der Waals surface area contributed by atoms with E-state index in [1.54, 1.807) is 0 Å². The first-order chi connectivity index (χ1) is 18.2. The lowest BCUT2D eigenvalue weighted by Gasteiger charge is -2.50. The first-order valence-electron chi connectivity index (χ1n) is 13.9. The van der Waals surface area contributed by atoms with Gasteiger partial charge in [-0.1, -0.05) is 119 Å². The standard InChI is InChI=1S/C33H52O6P2/c1-28(2,3)22-15-17-24(26(19-22)30(7,8)9)33(39-41(36)37,32(13,14)21-38-40(34)35)25-18-16-23(29(4,5)6)20-27(25)31(10,11)12/h15-20,34-37H,13-14,21H2,1-12H3. The van der Waals surface area contributed by atoms with Crippen molar-refractivity contribution >= 4 is 17.2 Å². The normalized spacial score (nSPS) is 14.3. The molecule has 0 aliphatic heterocycles. The Bertz CT molecular complexity index is 1120. The van der Waals surface area contributed by atoms with Crippen LogP contribution in [-0.2, 0) is 36.3 Å². The highest BCUT2D eigenvalue weighted by molar-refractivity contribution is 7.39. The van der Waals surface area contributed by atoms with Crippen molar-refractivity contribution in [2.45, 2.75) is 110 Å². The van der Waals surface area contributed by atoms with Crippen LogP contribution in [-0.4, -0.2) is 26.2 Å². The van der Waals surface area contributed by atoms with Crippen molar-refractivity contribution in [1.82, 2.24) is 0 Å². The van der Waals surface area contributed by atoms with Crippen LogP contribution >= 0.6 is 17.2 Å². The van der Waals surface area contributed by atoms with Crippen molar-refractivity contribution in [2.75, 3.05) is 6.61 Å². The summed E-state index contributed by atoms with van der Waals surface area (Å²) in [6, 6.07) is 12.3. The molecule has 0 saturated carbocycles. The summed E-state index contributed by atoms with van der Waals surface area (Å²) in [7, 11) is -5.67. The molecule has 8 heteroatoms. The average molecular weight is 607 g/mol. The third-order valence-corrected chi connectivity index (χ3v) is 8.36. The largest absolute Gasteiger partial charge is 0.328 e. The molecule has 2 aromatic carbocycles. The maximum Gasteiger partial charge on any atom is 0.328 e.